The van der Waals surface area contributed by atoms with E-state index in [9.17, 15) is 4.79 Å². The second-order valence-corrected chi connectivity index (χ2v) is 6.93. The predicted molar refractivity (Wildman–Crippen MR) is 87.5 cm³/mol. The molecule has 3 N–H and O–H groups in total. The van der Waals surface area contributed by atoms with Crippen molar-refractivity contribution in [2.24, 2.45) is 23.0 Å². The summed E-state index contributed by atoms with van der Waals surface area (Å²) in [6.07, 6.45) is 6.23. The van der Waals surface area contributed by atoms with Crippen LogP contribution in [0, 0.1) is 17.3 Å². The number of ether oxygens (including phenoxy) is 1. The summed E-state index contributed by atoms with van der Waals surface area (Å²) in [7, 11) is 0. The maximum Gasteiger partial charge on any atom is 0.227 e. The van der Waals surface area contributed by atoms with E-state index in [2.05, 4.69) is 19.2 Å². The molecule has 0 aromatic heterocycles. The molecule has 0 spiro atoms. The third-order valence-electron chi connectivity index (χ3n) is 5.37. The summed E-state index contributed by atoms with van der Waals surface area (Å²) in [5.41, 5.74) is 5.51. The summed E-state index contributed by atoms with van der Waals surface area (Å²) in [5, 5.41) is 3.27. The number of hydrogen-bond donors (Lipinski definition) is 2. The van der Waals surface area contributed by atoms with Crippen LogP contribution >= 0.6 is 12.4 Å². The van der Waals surface area contributed by atoms with E-state index in [1.165, 1.54) is 12.8 Å². The number of nitrogens with two attached hydrogens (primary N) is 1. The molecule has 1 heterocycles. The largest absolute Gasteiger partial charge is 0.381 e. The summed E-state index contributed by atoms with van der Waals surface area (Å²) >= 11 is 0. The highest BCUT2D eigenvalue weighted by molar-refractivity contribution is 5.85. The molecular weight excluding hydrogens is 288 g/mol. The molecule has 0 bridgehead atoms. The van der Waals surface area contributed by atoms with Crippen LogP contribution in [0.3, 0.4) is 0 Å². The first-order valence-electron chi connectivity index (χ1n) is 8.16. The third kappa shape index (κ3) is 4.57. The molecule has 5 heteroatoms. The van der Waals surface area contributed by atoms with Gasteiger partial charge >= 0.3 is 0 Å². The molecule has 2 fully saturated rings. The zero-order valence-corrected chi connectivity index (χ0v) is 14.2. The Hall–Kier alpha value is -0.320. The van der Waals surface area contributed by atoms with Crippen LogP contribution in [0.25, 0.3) is 0 Å². The molecule has 2 aliphatic rings. The first kappa shape index (κ1) is 18.7. The van der Waals surface area contributed by atoms with Crippen LogP contribution in [-0.4, -0.2) is 31.7 Å². The van der Waals surface area contributed by atoms with E-state index < -0.39 is 0 Å². The summed E-state index contributed by atoms with van der Waals surface area (Å²) < 4.78 is 5.37. The molecule has 4 nitrogen and oxygen atoms in total. The smallest absolute Gasteiger partial charge is 0.227 e. The minimum absolute atomic E-state index is 0. The fraction of sp³-hybridized carbons (Fsp3) is 0.938. The minimum Gasteiger partial charge on any atom is -0.381 e. The molecular formula is C16H31ClN2O2. The SMILES string of the molecule is CC(C)C1CCC(NC(=O)C2(CN)CCOCC2)CC1.Cl. The van der Waals surface area contributed by atoms with E-state index in [0.717, 1.165) is 37.5 Å². The molecule has 0 radical (unpaired) electrons. The van der Waals surface area contributed by atoms with Crippen LogP contribution in [0.15, 0.2) is 0 Å². The number of hydrogen-bond acceptors (Lipinski definition) is 3. The average Bonchev–Trinajstić information content (AvgIpc) is 2.48. The van der Waals surface area contributed by atoms with Crippen molar-refractivity contribution in [3.8, 4) is 0 Å². The van der Waals surface area contributed by atoms with Gasteiger partial charge in [-0.25, -0.2) is 0 Å². The zero-order valence-electron chi connectivity index (χ0n) is 13.4. The van der Waals surface area contributed by atoms with Gasteiger partial charge in [0.2, 0.25) is 5.91 Å². The fourth-order valence-corrected chi connectivity index (χ4v) is 3.55. The summed E-state index contributed by atoms with van der Waals surface area (Å²) in [4.78, 5) is 12.6. The van der Waals surface area contributed by atoms with Crippen molar-refractivity contribution >= 4 is 18.3 Å². The van der Waals surface area contributed by atoms with Gasteiger partial charge in [0, 0.05) is 25.8 Å². The Morgan fingerprint density at radius 2 is 1.81 bits per heavy atom. The molecule has 21 heavy (non-hydrogen) atoms. The molecule has 0 atom stereocenters. The lowest BCUT2D eigenvalue weighted by Crippen LogP contribution is -2.52. The highest BCUT2D eigenvalue weighted by atomic mass is 35.5. The topological polar surface area (TPSA) is 64.4 Å². The first-order chi connectivity index (χ1) is 9.57. The molecule has 0 aromatic rings. The van der Waals surface area contributed by atoms with Gasteiger partial charge in [-0.05, 0) is 50.4 Å². The van der Waals surface area contributed by atoms with Crippen LogP contribution in [-0.2, 0) is 9.53 Å². The molecule has 1 aliphatic heterocycles. The van der Waals surface area contributed by atoms with E-state index in [1.54, 1.807) is 0 Å². The van der Waals surface area contributed by atoms with Gasteiger partial charge in [0.1, 0.15) is 0 Å². The Labute approximate surface area is 135 Å². The van der Waals surface area contributed by atoms with Crippen LogP contribution in [0.5, 0.6) is 0 Å². The molecule has 124 valence electrons. The Morgan fingerprint density at radius 1 is 1.24 bits per heavy atom. The molecule has 2 rings (SSSR count). The highest BCUT2D eigenvalue weighted by Gasteiger charge is 2.39. The Morgan fingerprint density at radius 3 is 2.29 bits per heavy atom. The van der Waals surface area contributed by atoms with Gasteiger partial charge in [-0.1, -0.05) is 13.8 Å². The molecule has 1 aliphatic carbocycles. The maximum absolute atomic E-state index is 12.6. The lowest BCUT2D eigenvalue weighted by molar-refractivity contribution is -0.137. The number of halogens is 1. The number of rotatable bonds is 4. The first-order valence-corrected chi connectivity index (χ1v) is 8.16. The van der Waals surface area contributed by atoms with Crippen molar-refractivity contribution in [3.05, 3.63) is 0 Å². The molecule has 1 amide bonds. The average molecular weight is 319 g/mol. The third-order valence-corrected chi connectivity index (χ3v) is 5.37. The number of amides is 1. The van der Waals surface area contributed by atoms with Gasteiger partial charge in [0.15, 0.2) is 0 Å². The van der Waals surface area contributed by atoms with E-state index in [0.29, 0.717) is 25.8 Å². The Balaban J connectivity index is 0.00000220. The molecule has 0 unspecified atom stereocenters. The highest BCUT2D eigenvalue weighted by Crippen LogP contribution is 2.33. The fourth-order valence-electron chi connectivity index (χ4n) is 3.55. The van der Waals surface area contributed by atoms with Crippen molar-refractivity contribution in [1.29, 1.82) is 0 Å². The summed E-state index contributed by atoms with van der Waals surface area (Å²) in [5.74, 6) is 1.75. The monoisotopic (exact) mass is 318 g/mol. The van der Waals surface area contributed by atoms with Gasteiger partial charge in [0.05, 0.1) is 5.41 Å². The normalized spacial score (nSPS) is 28.8. The van der Waals surface area contributed by atoms with Gasteiger partial charge in [-0.15, -0.1) is 12.4 Å². The van der Waals surface area contributed by atoms with Gasteiger partial charge in [-0.2, -0.15) is 0 Å². The van der Waals surface area contributed by atoms with Crippen molar-refractivity contribution < 1.29 is 9.53 Å². The molecule has 0 aromatic carbocycles. The van der Waals surface area contributed by atoms with Crippen molar-refractivity contribution in [2.45, 2.75) is 58.4 Å². The second kappa shape index (κ2) is 8.35. The number of nitrogens with one attached hydrogen (secondary N) is 1. The molecule has 1 saturated heterocycles. The summed E-state index contributed by atoms with van der Waals surface area (Å²) in [6.45, 7) is 6.35. The second-order valence-electron chi connectivity index (χ2n) is 6.93. The van der Waals surface area contributed by atoms with E-state index in [4.69, 9.17) is 10.5 Å². The number of carbonyl (C=O) groups excluding carboxylic acids is 1. The van der Waals surface area contributed by atoms with Crippen LogP contribution in [0.2, 0.25) is 0 Å². The maximum atomic E-state index is 12.6. The van der Waals surface area contributed by atoms with E-state index >= 15 is 0 Å². The number of carbonyl (C=O) groups is 1. The van der Waals surface area contributed by atoms with Gasteiger partial charge < -0.3 is 15.8 Å². The van der Waals surface area contributed by atoms with Crippen LogP contribution in [0.4, 0.5) is 0 Å². The van der Waals surface area contributed by atoms with Crippen molar-refractivity contribution in [1.82, 2.24) is 5.32 Å². The van der Waals surface area contributed by atoms with Crippen molar-refractivity contribution in [2.75, 3.05) is 19.8 Å². The van der Waals surface area contributed by atoms with Gasteiger partial charge in [-0.3, -0.25) is 4.79 Å². The Kier molecular flexibility index (Phi) is 7.45. The van der Waals surface area contributed by atoms with Gasteiger partial charge in [0.25, 0.3) is 0 Å². The minimum atomic E-state index is -0.382. The van der Waals surface area contributed by atoms with E-state index in [-0.39, 0.29) is 23.7 Å². The zero-order chi connectivity index (χ0) is 14.6. The van der Waals surface area contributed by atoms with Crippen LogP contribution < -0.4 is 11.1 Å². The summed E-state index contributed by atoms with van der Waals surface area (Å²) in [6, 6.07) is 0.351. The lowest BCUT2D eigenvalue weighted by Gasteiger charge is -2.37. The van der Waals surface area contributed by atoms with E-state index in [1.807, 2.05) is 0 Å². The molecule has 1 saturated carbocycles. The van der Waals surface area contributed by atoms with Crippen molar-refractivity contribution in [3.63, 3.8) is 0 Å². The van der Waals surface area contributed by atoms with Crippen LogP contribution in [0.1, 0.15) is 52.4 Å². The standard InChI is InChI=1S/C16H30N2O2.ClH/c1-12(2)13-3-5-14(6-4-13)18-15(19)16(11-17)7-9-20-10-8-16;/h12-14H,3-11,17H2,1-2H3,(H,18,19);1H. The Bertz CT molecular complexity index is 322. The quantitative estimate of drug-likeness (QED) is 0.837. The lowest BCUT2D eigenvalue weighted by atomic mass is 9.77. The predicted octanol–water partition coefficient (Wildman–Crippen LogP) is 2.49.